The zero-order valence-corrected chi connectivity index (χ0v) is 23.5. The summed E-state index contributed by atoms with van der Waals surface area (Å²) in [5.41, 5.74) is 2.12. The van der Waals surface area contributed by atoms with Crippen LogP contribution in [0.3, 0.4) is 0 Å². The second kappa shape index (κ2) is 11.8. The fourth-order valence-electron chi connectivity index (χ4n) is 4.96. The summed E-state index contributed by atoms with van der Waals surface area (Å²) in [5, 5.41) is 9.71. The van der Waals surface area contributed by atoms with E-state index in [-0.39, 0.29) is 29.8 Å². The van der Waals surface area contributed by atoms with E-state index in [1.807, 2.05) is 35.4 Å². The number of hydrogen-bond acceptors (Lipinski definition) is 7. The summed E-state index contributed by atoms with van der Waals surface area (Å²) in [6.45, 7) is 4.01. The number of anilines is 1. The number of carbonyl (C=O) groups is 2. The number of benzene rings is 1. The zero-order valence-electron chi connectivity index (χ0n) is 22.7. The molecular weight excluding hydrogens is 543 g/mol. The Labute approximate surface area is 241 Å². The molecule has 212 valence electrons. The van der Waals surface area contributed by atoms with Gasteiger partial charge >= 0.3 is 6.03 Å². The summed E-state index contributed by atoms with van der Waals surface area (Å²) in [6.07, 6.45) is 7.29. The Hall–Kier alpha value is -4.09. The quantitative estimate of drug-likeness (QED) is 0.250. The van der Waals surface area contributed by atoms with Crippen molar-refractivity contribution < 1.29 is 18.7 Å². The van der Waals surface area contributed by atoms with E-state index in [9.17, 15) is 14.0 Å². The summed E-state index contributed by atoms with van der Waals surface area (Å²) in [7, 11) is 0. The Balaban J connectivity index is 1.16. The first-order valence-corrected chi connectivity index (χ1v) is 14.6. The van der Waals surface area contributed by atoms with E-state index in [1.165, 1.54) is 23.5 Å². The summed E-state index contributed by atoms with van der Waals surface area (Å²) >= 11 is 1.46. The number of nitrogens with zero attached hydrogens (tertiary/aromatic N) is 3. The van der Waals surface area contributed by atoms with Gasteiger partial charge in [0.1, 0.15) is 0 Å². The van der Waals surface area contributed by atoms with Crippen molar-refractivity contribution >= 4 is 39.0 Å². The maximum absolute atomic E-state index is 14.9. The Morgan fingerprint density at radius 1 is 1.10 bits per heavy atom. The second-order valence-corrected chi connectivity index (χ2v) is 11.5. The minimum absolute atomic E-state index is 0.0133. The largest absolute Gasteiger partial charge is 0.435 e. The first-order valence-electron chi connectivity index (χ1n) is 13.8. The molecule has 2 fully saturated rings. The highest BCUT2D eigenvalue weighted by Crippen LogP contribution is 2.39. The molecule has 4 aromatic rings. The molecule has 2 aliphatic rings. The minimum Gasteiger partial charge on any atom is -0.435 e. The number of halogens is 1. The van der Waals surface area contributed by atoms with Gasteiger partial charge in [-0.1, -0.05) is 6.07 Å². The monoisotopic (exact) mass is 574 g/mol. The van der Waals surface area contributed by atoms with E-state index in [0.29, 0.717) is 18.1 Å². The standard InChI is InChI=1S/C30H31FN6O3S/c1-18(38)37(23-9-11-32-12-10-23)17-19-2-6-25(34-16-19)27-14-20-8-13-33-29(28(20)41-27)40-26-7-5-22(15-24(26)31)36-30(39)35-21-3-4-21/h2,5-8,13-16,21,23,32H,3-4,9-12,17H2,1H3,(H2,35,36,39). The van der Waals surface area contributed by atoms with Crippen molar-refractivity contribution in [3.8, 4) is 22.2 Å². The molecule has 4 heterocycles. The average molecular weight is 575 g/mol. The molecule has 11 heteroatoms. The van der Waals surface area contributed by atoms with Gasteiger partial charge in [-0.3, -0.25) is 9.78 Å². The lowest BCUT2D eigenvalue weighted by atomic mass is 10.0. The van der Waals surface area contributed by atoms with Crippen molar-refractivity contribution in [3.63, 3.8) is 0 Å². The van der Waals surface area contributed by atoms with Gasteiger partial charge in [0.05, 0.1) is 15.3 Å². The SMILES string of the molecule is CC(=O)N(Cc1ccc(-c2cc3ccnc(Oc4ccc(NC(=O)NC5CC5)cc4F)c3s2)nc1)C1CCNCC1. The second-order valence-electron chi connectivity index (χ2n) is 10.4. The maximum Gasteiger partial charge on any atom is 0.319 e. The van der Waals surface area contributed by atoms with Crippen molar-refractivity contribution in [2.75, 3.05) is 18.4 Å². The van der Waals surface area contributed by atoms with Crippen molar-refractivity contribution in [1.29, 1.82) is 0 Å². The number of fused-ring (bicyclic) bond motifs is 1. The van der Waals surface area contributed by atoms with Crippen molar-refractivity contribution in [1.82, 2.24) is 25.5 Å². The third kappa shape index (κ3) is 6.47. The Morgan fingerprint density at radius 2 is 1.93 bits per heavy atom. The molecule has 0 bridgehead atoms. The van der Waals surface area contributed by atoms with Gasteiger partial charge in [-0.15, -0.1) is 11.3 Å². The van der Waals surface area contributed by atoms with Gasteiger partial charge in [0.25, 0.3) is 0 Å². The fraction of sp³-hybridized carbons (Fsp3) is 0.333. The van der Waals surface area contributed by atoms with E-state index >= 15 is 0 Å². The van der Waals surface area contributed by atoms with Crippen LogP contribution in [-0.4, -0.2) is 52.0 Å². The Bertz CT molecular complexity index is 1570. The summed E-state index contributed by atoms with van der Waals surface area (Å²) in [6, 6.07) is 12.3. The third-order valence-electron chi connectivity index (χ3n) is 7.29. The van der Waals surface area contributed by atoms with Crippen LogP contribution in [0.1, 0.15) is 38.2 Å². The molecule has 1 aromatic carbocycles. The van der Waals surface area contributed by atoms with Gasteiger partial charge in [0, 0.05) is 55.1 Å². The normalized spacial score (nSPS) is 15.5. The molecule has 6 rings (SSSR count). The van der Waals surface area contributed by atoms with Gasteiger partial charge < -0.3 is 25.6 Å². The highest BCUT2D eigenvalue weighted by atomic mass is 32.1. The average Bonchev–Trinajstić information content (AvgIpc) is 3.67. The number of ether oxygens (including phenoxy) is 1. The molecule has 1 aliphatic heterocycles. The molecule has 3 aromatic heterocycles. The van der Waals surface area contributed by atoms with E-state index in [0.717, 1.165) is 65.0 Å². The smallest absolute Gasteiger partial charge is 0.319 e. The lowest BCUT2D eigenvalue weighted by molar-refractivity contribution is -0.132. The number of carbonyl (C=O) groups excluding carboxylic acids is 2. The third-order valence-corrected chi connectivity index (χ3v) is 8.46. The number of amides is 3. The van der Waals surface area contributed by atoms with Gasteiger partial charge in [-0.25, -0.2) is 14.2 Å². The van der Waals surface area contributed by atoms with Crippen LogP contribution in [0.5, 0.6) is 11.6 Å². The van der Waals surface area contributed by atoms with Crippen LogP contribution in [0.15, 0.2) is 54.9 Å². The minimum atomic E-state index is -0.605. The molecule has 1 aliphatic carbocycles. The molecular formula is C30H31FN6O3S. The lowest BCUT2D eigenvalue weighted by Gasteiger charge is -2.34. The Morgan fingerprint density at radius 3 is 2.63 bits per heavy atom. The van der Waals surface area contributed by atoms with Crippen LogP contribution < -0.4 is 20.7 Å². The molecule has 3 amide bonds. The molecule has 1 saturated carbocycles. The number of hydrogen-bond donors (Lipinski definition) is 3. The molecule has 0 spiro atoms. The van der Waals surface area contributed by atoms with Gasteiger partial charge in [-0.05, 0) is 74.7 Å². The first kappa shape index (κ1) is 27.1. The molecule has 0 unspecified atom stereocenters. The predicted octanol–water partition coefficient (Wildman–Crippen LogP) is 5.67. The van der Waals surface area contributed by atoms with E-state index in [2.05, 4.69) is 25.9 Å². The number of rotatable bonds is 8. The number of thiophene rings is 1. The van der Waals surface area contributed by atoms with E-state index < -0.39 is 5.82 Å². The van der Waals surface area contributed by atoms with Crippen molar-refractivity contribution in [2.45, 2.75) is 51.2 Å². The van der Waals surface area contributed by atoms with E-state index in [4.69, 9.17) is 4.74 Å². The molecule has 1 saturated heterocycles. The van der Waals surface area contributed by atoms with Gasteiger partial charge in [0.15, 0.2) is 11.6 Å². The zero-order chi connectivity index (χ0) is 28.3. The summed E-state index contributed by atoms with van der Waals surface area (Å²) < 4.78 is 21.5. The number of urea groups is 1. The van der Waals surface area contributed by atoms with Gasteiger partial charge in [0.2, 0.25) is 11.8 Å². The molecule has 9 nitrogen and oxygen atoms in total. The van der Waals surface area contributed by atoms with Crippen LogP contribution in [0, 0.1) is 5.82 Å². The molecule has 0 radical (unpaired) electrons. The van der Waals surface area contributed by atoms with Crippen LogP contribution in [0.25, 0.3) is 20.7 Å². The number of pyridine rings is 2. The highest BCUT2D eigenvalue weighted by molar-refractivity contribution is 7.22. The Kier molecular flexibility index (Phi) is 7.80. The highest BCUT2D eigenvalue weighted by Gasteiger charge is 2.24. The van der Waals surface area contributed by atoms with Crippen LogP contribution in [-0.2, 0) is 11.3 Å². The van der Waals surface area contributed by atoms with Crippen LogP contribution in [0.2, 0.25) is 0 Å². The fourth-order valence-corrected chi connectivity index (χ4v) is 6.02. The van der Waals surface area contributed by atoms with Crippen LogP contribution in [0.4, 0.5) is 14.9 Å². The molecule has 41 heavy (non-hydrogen) atoms. The lowest BCUT2D eigenvalue weighted by Crippen LogP contribution is -2.44. The molecule has 0 atom stereocenters. The summed E-state index contributed by atoms with van der Waals surface area (Å²) in [5.74, 6) is -0.224. The number of aromatic nitrogens is 2. The number of nitrogens with one attached hydrogen (secondary N) is 3. The summed E-state index contributed by atoms with van der Waals surface area (Å²) in [4.78, 5) is 36.2. The predicted molar refractivity (Wildman–Crippen MR) is 157 cm³/mol. The van der Waals surface area contributed by atoms with E-state index in [1.54, 1.807) is 19.2 Å². The first-order chi connectivity index (χ1) is 19.9. The van der Waals surface area contributed by atoms with Gasteiger partial charge in [-0.2, -0.15) is 0 Å². The topological polar surface area (TPSA) is 108 Å². The molecule has 3 N–H and O–H groups in total. The van der Waals surface area contributed by atoms with Crippen molar-refractivity contribution in [2.24, 2.45) is 0 Å². The number of piperidine rings is 1. The maximum atomic E-state index is 14.9. The van der Waals surface area contributed by atoms with Crippen molar-refractivity contribution in [3.05, 3.63) is 66.2 Å². The van der Waals surface area contributed by atoms with Crippen LogP contribution >= 0.6 is 11.3 Å².